The van der Waals surface area contributed by atoms with Crippen molar-refractivity contribution < 1.29 is 28.8 Å². The van der Waals surface area contributed by atoms with Crippen LogP contribution in [-0.2, 0) is 7.05 Å². The van der Waals surface area contributed by atoms with Crippen molar-refractivity contribution in [2.75, 3.05) is 0 Å². The minimum absolute atomic E-state index is 0.166. The Hall–Kier alpha value is -4.76. The van der Waals surface area contributed by atoms with Gasteiger partial charge in [-0.05, 0) is 70.2 Å². The second kappa shape index (κ2) is 8.62. The average molecular weight is 568 g/mol. The number of aliphatic hydroxyl groups is 1. The van der Waals surface area contributed by atoms with Crippen LogP contribution in [0.4, 0.5) is 0 Å². The summed E-state index contributed by atoms with van der Waals surface area (Å²) < 4.78 is 26.3. The van der Waals surface area contributed by atoms with E-state index in [1.54, 1.807) is 61.9 Å². The van der Waals surface area contributed by atoms with E-state index in [4.69, 9.17) is 18.6 Å². The standard InChI is InChI=1S/C33H29NO8/c1-32(2)14-13-17-22(41-32)15-19(35)24-27(17)34(5)26-18(28(24)37)7-6-8-21(26)39-30-25-20(42-33(3,4)31(30)38)11-9-16-10-12-23(36)40-29(16)25/h6-15,30-31,35,38H,1-5H3. The fraction of sp³-hybridized carbons (Fsp3) is 0.273. The van der Waals surface area contributed by atoms with Crippen molar-refractivity contribution in [2.45, 2.75) is 51.1 Å². The summed E-state index contributed by atoms with van der Waals surface area (Å²) in [6.45, 7) is 7.31. The molecule has 2 aromatic heterocycles. The number of benzene rings is 3. The van der Waals surface area contributed by atoms with Crippen LogP contribution in [0.5, 0.6) is 23.0 Å². The van der Waals surface area contributed by atoms with Gasteiger partial charge in [0, 0.05) is 30.1 Å². The Balaban J connectivity index is 1.50. The lowest BCUT2D eigenvalue weighted by atomic mass is 9.87. The molecule has 2 N–H and O–H groups in total. The van der Waals surface area contributed by atoms with Gasteiger partial charge in [0.15, 0.2) is 6.10 Å². The molecule has 0 saturated carbocycles. The number of phenolic OH excluding ortho intramolecular Hbond substituents is 1. The summed E-state index contributed by atoms with van der Waals surface area (Å²) in [5, 5.41) is 23.7. The Morgan fingerprint density at radius 2 is 1.71 bits per heavy atom. The minimum atomic E-state index is -1.18. The highest BCUT2D eigenvalue weighted by Gasteiger charge is 2.46. The lowest BCUT2D eigenvalue weighted by Gasteiger charge is -2.41. The molecule has 7 rings (SSSR count). The number of ether oxygens (including phenoxy) is 3. The zero-order chi connectivity index (χ0) is 29.7. The van der Waals surface area contributed by atoms with Gasteiger partial charge in [0.1, 0.15) is 45.9 Å². The Morgan fingerprint density at radius 1 is 0.952 bits per heavy atom. The molecule has 2 atom stereocenters. The number of aliphatic hydroxyl groups excluding tert-OH is 1. The van der Waals surface area contributed by atoms with E-state index in [0.717, 1.165) is 0 Å². The molecule has 9 heteroatoms. The predicted octanol–water partition coefficient (Wildman–Crippen LogP) is 5.34. The number of pyridine rings is 1. The molecule has 2 aliphatic rings. The molecule has 2 unspecified atom stereocenters. The molecule has 0 fully saturated rings. The van der Waals surface area contributed by atoms with Crippen molar-refractivity contribution in [2.24, 2.45) is 7.05 Å². The molecule has 4 heterocycles. The van der Waals surface area contributed by atoms with Gasteiger partial charge in [0.05, 0.1) is 27.4 Å². The normalized spacial score (nSPS) is 20.1. The Bertz CT molecular complexity index is 2120. The SMILES string of the molecule is Cn1c2c(OC3c4c(ccc5ccc(=O)oc45)OC(C)(C)C3O)cccc2c(=O)c2c(O)cc3c(c21)C=CC(C)(C)O3. The third-order valence-electron chi connectivity index (χ3n) is 8.15. The van der Waals surface area contributed by atoms with Crippen molar-refractivity contribution in [1.82, 2.24) is 4.57 Å². The fourth-order valence-electron chi connectivity index (χ4n) is 6.08. The Kier molecular flexibility index (Phi) is 5.37. The summed E-state index contributed by atoms with van der Waals surface area (Å²) >= 11 is 0. The molecule has 214 valence electrons. The van der Waals surface area contributed by atoms with Gasteiger partial charge in [0.25, 0.3) is 0 Å². The maximum absolute atomic E-state index is 13.9. The molecular formula is C33H29NO8. The Morgan fingerprint density at radius 3 is 2.50 bits per heavy atom. The summed E-state index contributed by atoms with van der Waals surface area (Å²) in [6.07, 6.45) is 1.60. The van der Waals surface area contributed by atoms with Gasteiger partial charge in [-0.15, -0.1) is 0 Å². The van der Waals surface area contributed by atoms with Crippen LogP contribution in [0.15, 0.2) is 68.6 Å². The number of hydrogen-bond acceptors (Lipinski definition) is 8. The van der Waals surface area contributed by atoms with E-state index in [2.05, 4.69) is 0 Å². The average Bonchev–Trinajstić information content (AvgIpc) is 2.92. The van der Waals surface area contributed by atoms with Crippen LogP contribution in [-0.4, -0.2) is 32.1 Å². The third kappa shape index (κ3) is 3.73. The molecule has 3 aromatic carbocycles. The first-order chi connectivity index (χ1) is 19.9. The maximum atomic E-state index is 13.9. The molecule has 0 radical (unpaired) electrons. The highest BCUT2D eigenvalue weighted by molar-refractivity contribution is 6.03. The van der Waals surface area contributed by atoms with Gasteiger partial charge in [-0.1, -0.05) is 6.07 Å². The van der Waals surface area contributed by atoms with E-state index in [1.165, 1.54) is 12.1 Å². The van der Waals surface area contributed by atoms with Crippen LogP contribution in [0.1, 0.15) is 44.9 Å². The number of hydrogen-bond donors (Lipinski definition) is 2. The van der Waals surface area contributed by atoms with Crippen LogP contribution in [0, 0.1) is 0 Å². The molecule has 9 nitrogen and oxygen atoms in total. The van der Waals surface area contributed by atoms with E-state index in [1.807, 2.05) is 26.0 Å². The van der Waals surface area contributed by atoms with Gasteiger partial charge >= 0.3 is 5.63 Å². The van der Waals surface area contributed by atoms with E-state index in [9.17, 15) is 19.8 Å². The number of fused-ring (bicyclic) bond motifs is 7. The van der Waals surface area contributed by atoms with Crippen molar-refractivity contribution >= 4 is 38.9 Å². The topological polar surface area (TPSA) is 120 Å². The van der Waals surface area contributed by atoms with Crippen molar-refractivity contribution in [1.29, 1.82) is 0 Å². The van der Waals surface area contributed by atoms with E-state index in [-0.39, 0.29) is 22.1 Å². The fourth-order valence-corrected chi connectivity index (χ4v) is 6.08. The molecule has 42 heavy (non-hydrogen) atoms. The second-order valence-corrected chi connectivity index (χ2v) is 11.9. The zero-order valence-electron chi connectivity index (χ0n) is 23.7. The number of nitrogens with zero attached hydrogens (tertiary/aromatic N) is 1. The maximum Gasteiger partial charge on any atom is 0.336 e. The number of rotatable bonds is 2. The monoisotopic (exact) mass is 567 g/mol. The zero-order valence-corrected chi connectivity index (χ0v) is 23.7. The molecule has 0 aliphatic carbocycles. The van der Waals surface area contributed by atoms with E-state index >= 15 is 0 Å². The summed E-state index contributed by atoms with van der Waals surface area (Å²) in [4.78, 5) is 26.1. The predicted molar refractivity (Wildman–Crippen MR) is 159 cm³/mol. The van der Waals surface area contributed by atoms with Gasteiger partial charge in [-0.3, -0.25) is 4.79 Å². The van der Waals surface area contributed by atoms with Crippen LogP contribution in [0.25, 0.3) is 38.9 Å². The van der Waals surface area contributed by atoms with Crippen molar-refractivity contribution in [3.05, 3.63) is 86.4 Å². The first-order valence-electron chi connectivity index (χ1n) is 13.7. The highest BCUT2D eigenvalue weighted by Crippen LogP contribution is 2.47. The van der Waals surface area contributed by atoms with Gasteiger partial charge in [-0.2, -0.15) is 0 Å². The molecule has 0 bridgehead atoms. The lowest BCUT2D eigenvalue weighted by Crippen LogP contribution is -2.50. The first-order valence-corrected chi connectivity index (χ1v) is 13.7. The van der Waals surface area contributed by atoms with Crippen molar-refractivity contribution in [3.63, 3.8) is 0 Å². The van der Waals surface area contributed by atoms with Crippen LogP contribution >= 0.6 is 0 Å². The Labute approximate surface area is 239 Å². The second-order valence-electron chi connectivity index (χ2n) is 11.9. The van der Waals surface area contributed by atoms with Crippen LogP contribution in [0.2, 0.25) is 0 Å². The summed E-state index contributed by atoms with van der Waals surface area (Å²) in [7, 11) is 1.79. The molecule has 0 amide bonds. The highest BCUT2D eigenvalue weighted by atomic mass is 16.5. The lowest BCUT2D eigenvalue weighted by molar-refractivity contribution is -0.102. The van der Waals surface area contributed by atoms with E-state index < -0.39 is 29.0 Å². The minimum Gasteiger partial charge on any atom is -0.507 e. The molecule has 2 aliphatic heterocycles. The number of phenols is 1. The summed E-state index contributed by atoms with van der Waals surface area (Å²) in [5.41, 5.74) is -0.309. The number of aryl methyl sites for hydroxylation is 1. The summed E-state index contributed by atoms with van der Waals surface area (Å²) in [6, 6.07) is 13.1. The van der Waals surface area contributed by atoms with Gasteiger partial charge < -0.3 is 33.4 Å². The van der Waals surface area contributed by atoms with Gasteiger partial charge in [-0.25, -0.2) is 4.79 Å². The van der Waals surface area contributed by atoms with Crippen molar-refractivity contribution in [3.8, 4) is 23.0 Å². The largest absolute Gasteiger partial charge is 0.507 e. The van der Waals surface area contributed by atoms with Gasteiger partial charge in [0.2, 0.25) is 5.43 Å². The number of aromatic hydroxyl groups is 1. The van der Waals surface area contributed by atoms with E-state index in [0.29, 0.717) is 50.2 Å². The molecule has 0 saturated heterocycles. The smallest absolute Gasteiger partial charge is 0.336 e. The van der Waals surface area contributed by atoms with Crippen LogP contribution in [0.3, 0.4) is 0 Å². The molecular weight excluding hydrogens is 538 g/mol. The quantitative estimate of drug-likeness (QED) is 0.217. The molecule has 0 spiro atoms. The van der Waals surface area contributed by atoms with Crippen LogP contribution < -0.4 is 25.3 Å². The molecule has 5 aromatic rings. The third-order valence-corrected chi connectivity index (χ3v) is 8.15. The number of aromatic nitrogens is 1. The first kappa shape index (κ1) is 26.2. The summed E-state index contributed by atoms with van der Waals surface area (Å²) in [5.74, 6) is 1.01. The number of para-hydroxylation sites is 1.